The van der Waals surface area contributed by atoms with Crippen LogP contribution in [0.15, 0.2) is 12.3 Å². The topological polar surface area (TPSA) is 29.5 Å². The van der Waals surface area contributed by atoms with E-state index in [0.29, 0.717) is 5.76 Å². The molecule has 1 heterocycles. The van der Waals surface area contributed by atoms with Crippen molar-refractivity contribution in [1.29, 1.82) is 0 Å². The molecule has 1 rings (SSSR count). The number of nitrogens with zero attached hydrogens (tertiary/aromatic N) is 1. The smallest absolute Gasteiger partial charge is 0.413 e. The predicted molar refractivity (Wildman–Crippen MR) is 42.1 cm³/mol. The molecule has 3 nitrogen and oxygen atoms in total. The minimum atomic E-state index is -0.260. The zero-order valence-electron chi connectivity index (χ0n) is 6.96. The number of ether oxygens (including phenoxy) is 1. The van der Waals surface area contributed by atoms with Crippen LogP contribution in [0.5, 0.6) is 0 Å². The van der Waals surface area contributed by atoms with Crippen molar-refractivity contribution in [3.05, 3.63) is 12.3 Å². The molecule has 0 radical (unpaired) electrons. The first-order valence-electron chi connectivity index (χ1n) is 3.84. The fourth-order valence-electron chi connectivity index (χ4n) is 1.11. The first-order chi connectivity index (χ1) is 5.16. The number of amides is 1. The molecule has 0 N–H and O–H groups in total. The summed E-state index contributed by atoms with van der Waals surface area (Å²) in [6.07, 6.45) is 0.691. The Hall–Kier alpha value is -0.990. The second kappa shape index (κ2) is 2.95. The van der Waals surface area contributed by atoms with Crippen LogP contribution in [0, 0.1) is 0 Å². The van der Waals surface area contributed by atoms with Crippen LogP contribution in [0.1, 0.15) is 20.3 Å². The van der Waals surface area contributed by atoms with E-state index in [1.165, 1.54) is 0 Å². The SMILES string of the molecule is C=C1OC(=O)N(CCC)C1C. The maximum atomic E-state index is 11.0. The van der Waals surface area contributed by atoms with E-state index in [2.05, 4.69) is 6.58 Å². The molecule has 0 spiro atoms. The van der Waals surface area contributed by atoms with E-state index in [-0.39, 0.29) is 12.1 Å². The van der Waals surface area contributed by atoms with Gasteiger partial charge in [0.1, 0.15) is 5.76 Å². The van der Waals surface area contributed by atoms with Crippen LogP contribution < -0.4 is 0 Å². The minimum Gasteiger partial charge on any atom is -0.413 e. The fourth-order valence-corrected chi connectivity index (χ4v) is 1.11. The van der Waals surface area contributed by atoms with Crippen molar-refractivity contribution in [3.8, 4) is 0 Å². The molecule has 0 aromatic carbocycles. The van der Waals surface area contributed by atoms with Gasteiger partial charge in [-0.05, 0) is 13.3 Å². The van der Waals surface area contributed by atoms with Gasteiger partial charge in [-0.25, -0.2) is 4.79 Å². The summed E-state index contributed by atoms with van der Waals surface area (Å²) in [5.41, 5.74) is 0. The van der Waals surface area contributed by atoms with E-state index in [0.717, 1.165) is 13.0 Å². The van der Waals surface area contributed by atoms with E-state index in [1.807, 2.05) is 13.8 Å². The molecule has 0 aliphatic carbocycles. The second-order valence-corrected chi connectivity index (χ2v) is 2.70. The molecule has 1 unspecified atom stereocenters. The largest absolute Gasteiger partial charge is 0.415 e. The van der Waals surface area contributed by atoms with Gasteiger partial charge in [0, 0.05) is 6.54 Å². The van der Waals surface area contributed by atoms with Crippen molar-refractivity contribution in [2.75, 3.05) is 6.54 Å². The van der Waals surface area contributed by atoms with Gasteiger partial charge in [-0.1, -0.05) is 13.5 Å². The van der Waals surface area contributed by atoms with Gasteiger partial charge in [0.2, 0.25) is 0 Å². The number of hydrogen-bond acceptors (Lipinski definition) is 2. The minimum absolute atomic E-state index is 0.0439. The van der Waals surface area contributed by atoms with Crippen LogP contribution in [0.2, 0.25) is 0 Å². The summed E-state index contributed by atoms with van der Waals surface area (Å²) in [5, 5.41) is 0. The Kier molecular flexibility index (Phi) is 2.17. The molecule has 0 aromatic heterocycles. The van der Waals surface area contributed by atoms with Gasteiger partial charge in [0.05, 0.1) is 6.04 Å². The summed E-state index contributed by atoms with van der Waals surface area (Å²) in [6.45, 7) is 8.33. The number of hydrogen-bond donors (Lipinski definition) is 0. The Morgan fingerprint density at radius 2 is 2.36 bits per heavy atom. The average Bonchev–Trinajstić information content (AvgIpc) is 2.17. The molecule has 1 aliphatic rings. The molecule has 1 atom stereocenters. The summed E-state index contributed by atoms with van der Waals surface area (Å²) in [6, 6.07) is 0.0439. The van der Waals surface area contributed by atoms with Gasteiger partial charge >= 0.3 is 6.09 Å². The van der Waals surface area contributed by atoms with Crippen LogP contribution in [0.25, 0.3) is 0 Å². The van der Waals surface area contributed by atoms with Crippen molar-refractivity contribution < 1.29 is 9.53 Å². The number of carbonyl (C=O) groups excluding carboxylic acids is 1. The van der Waals surface area contributed by atoms with Crippen molar-refractivity contribution in [2.45, 2.75) is 26.3 Å². The van der Waals surface area contributed by atoms with Crippen molar-refractivity contribution >= 4 is 6.09 Å². The first-order valence-corrected chi connectivity index (χ1v) is 3.84. The maximum Gasteiger partial charge on any atom is 0.415 e. The fraction of sp³-hybridized carbons (Fsp3) is 0.625. The highest BCUT2D eigenvalue weighted by atomic mass is 16.6. The van der Waals surface area contributed by atoms with Gasteiger partial charge in [0.25, 0.3) is 0 Å². The highest BCUT2D eigenvalue weighted by molar-refractivity contribution is 5.72. The molecule has 1 aliphatic heterocycles. The van der Waals surface area contributed by atoms with Crippen molar-refractivity contribution in [1.82, 2.24) is 4.90 Å². The van der Waals surface area contributed by atoms with Crippen LogP contribution in [-0.2, 0) is 4.74 Å². The molecule has 1 fully saturated rings. The summed E-state index contributed by atoms with van der Waals surface area (Å²) >= 11 is 0. The van der Waals surface area contributed by atoms with Crippen LogP contribution in [-0.4, -0.2) is 23.6 Å². The van der Waals surface area contributed by atoms with Gasteiger partial charge < -0.3 is 4.74 Å². The zero-order chi connectivity index (χ0) is 8.43. The number of carbonyl (C=O) groups is 1. The van der Waals surface area contributed by atoms with E-state index in [9.17, 15) is 4.79 Å². The maximum absolute atomic E-state index is 11.0. The zero-order valence-corrected chi connectivity index (χ0v) is 6.96. The van der Waals surface area contributed by atoms with Gasteiger partial charge in [-0.2, -0.15) is 0 Å². The predicted octanol–water partition coefficient (Wildman–Crippen LogP) is 1.75. The second-order valence-electron chi connectivity index (χ2n) is 2.70. The summed E-state index contributed by atoms with van der Waals surface area (Å²) in [4.78, 5) is 12.7. The van der Waals surface area contributed by atoms with Crippen LogP contribution in [0.3, 0.4) is 0 Å². The Bertz CT molecular complexity index is 189. The van der Waals surface area contributed by atoms with Gasteiger partial charge in [-0.15, -0.1) is 0 Å². The van der Waals surface area contributed by atoms with Crippen LogP contribution in [0.4, 0.5) is 4.79 Å². The highest BCUT2D eigenvalue weighted by Gasteiger charge is 2.32. The molecule has 1 amide bonds. The Labute approximate surface area is 66.6 Å². The van der Waals surface area contributed by atoms with Crippen molar-refractivity contribution in [3.63, 3.8) is 0 Å². The Balaban J connectivity index is 2.63. The summed E-state index contributed by atoms with van der Waals surface area (Å²) in [7, 11) is 0. The lowest BCUT2D eigenvalue weighted by Gasteiger charge is -2.15. The first kappa shape index (κ1) is 8.11. The Morgan fingerprint density at radius 1 is 1.73 bits per heavy atom. The summed E-state index contributed by atoms with van der Waals surface area (Å²) < 4.78 is 4.83. The van der Waals surface area contributed by atoms with E-state index < -0.39 is 0 Å². The van der Waals surface area contributed by atoms with E-state index >= 15 is 0 Å². The lowest BCUT2D eigenvalue weighted by molar-refractivity contribution is 0.166. The molecule has 0 bridgehead atoms. The molecule has 0 saturated carbocycles. The third-order valence-corrected chi connectivity index (χ3v) is 1.85. The normalized spacial score (nSPS) is 24.2. The van der Waals surface area contributed by atoms with Crippen LogP contribution >= 0.6 is 0 Å². The average molecular weight is 155 g/mol. The molecule has 1 saturated heterocycles. The number of rotatable bonds is 2. The molecule has 3 heteroatoms. The van der Waals surface area contributed by atoms with Gasteiger partial charge in [0.15, 0.2) is 0 Å². The third-order valence-electron chi connectivity index (χ3n) is 1.85. The standard InChI is InChI=1S/C8H13NO2/c1-4-5-9-6(2)7(3)11-8(9)10/h6H,3-5H2,1-2H3. The monoisotopic (exact) mass is 155 g/mol. The van der Waals surface area contributed by atoms with E-state index in [4.69, 9.17) is 4.74 Å². The molecular weight excluding hydrogens is 142 g/mol. The number of cyclic esters (lactones) is 1. The Morgan fingerprint density at radius 3 is 2.73 bits per heavy atom. The third kappa shape index (κ3) is 1.37. The van der Waals surface area contributed by atoms with Crippen molar-refractivity contribution in [2.24, 2.45) is 0 Å². The molecular formula is C8H13NO2. The highest BCUT2D eigenvalue weighted by Crippen LogP contribution is 2.20. The quantitative estimate of drug-likeness (QED) is 0.608. The molecule has 11 heavy (non-hydrogen) atoms. The van der Waals surface area contributed by atoms with Gasteiger partial charge in [-0.3, -0.25) is 4.90 Å². The molecule has 62 valence electrons. The molecule has 0 aromatic rings. The summed E-state index contributed by atoms with van der Waals surface area (Å²) in [5.74, 6) is 0.559. The lowest BCUT2D eigenvalue weighted by Crippen LogP contribution is -2.31. The van der Waals surface area contributed by atoms with E-state index in [1.54, 1.807) is 4.90 Å². The lowest BCUT2D eigenvalue weighted by atomic mass is 10.3.